The number of carbonyl (C=O) groups is 2. The molecule has 2 aromatic rings. The number of amides is 2. The molecule has 0 aliphatic carbocycles. The zero-order valence-corrected chi connectivity index (χ0v) is 16.7. The maximum atomic E-state index is 11.9. The van der Waals surface area contributed by atoms with E-state index in [1.807, 2.05) is 24.3 Å². The van der Waals surface area contributed by atoms with Crippen molar-refractivity contribution < 1.29 is 19.2 Å². The Hall–Kier alpha value is -3.42. The Morgan fingerprint density at radius 1 is 1.00 bits per heavy atom. The van der Waals surface area contributed by atoms with Gasteiger partial charge in [0, 0.05) is 24.1 Å². The van der Waals surface area contributed by atoms with Gasteiger partial charge in [0.2, 0.25) is 5.91 Å². The summed E-state index contributed by atoms with van der Waals surface area (Å²) in [5.41, 5.74) is 5.98. The number of non-ortho nitro benzene ring substituents is 1. The Balaban J connectivity index is 1.68. The Morgan fingerprint density at radius 2 is 1.62 bits per heavy atom. The predicted molar refractivity (Wildman–Crippen MR) is 109 cm³/mol. The van der Waals surface area contributed by atoms with Gasteiger partial charge in [-0.15, -0.1) is 0 Å². The van der Waals surface area contributed by atoms with E-state index in [2.05, 4.69) is 31.6 Å². The summed E-state index contributed by atoms with van der Waals surface area (Å²) in [6.07, 6.45) is 0.668. The lowest BCUT2D eigenvalue weighted by atomic mass is 9.87. The van der Waals surface area contributed by atoms with Crippen molar-refractivity contribution in [2.24, 2.45) is 0 Å². The van der Waals surface area contributed by atoms with Crippen molar-refractivity contribution in [3.8, 4) is 5.75 Å². The number of nitrogens with zero attached hydrogens (tertiary/aromatic N) is 1. The molecule has 154 valence electrons. The first-order valence-corrected chi connectivity index (χ1v) is 9.24. The van der Waals surface area contributed by atoms with Crippen molar-refractivity contribution in [1.29, 1.82) is 0 Å². The molecule has 2 amide bonds. The van der Waals surface area contributed by atoms with Gasteiger partial charge in [-0.05, 0) is 41.7 Å². The molecule has 0 radical (unpaired) electrons. The van der Waals surface area contributed by atoms with Gasteiger partial charge in [-0.25, -0.2) is 0 Å². The maximum Gasteiger partial charge on any atom is 0.269 e. The van der Waals surface area contributed by atoms with E-state index in [4.69, 9.17) is 4.74 Å². The van der Waals surface area contributed by atoms with E-state index in [1.54, 1.807) is 0 Å². The summed E-state index contributed by atoms with van der Waals surface area (Å²) in [5.74, 6) is -0.166. The number of nitro groups is 1. The number of carbonyl (C=O) groups excluding carboxylic acids is 2. The number of rotatable bonds is 7. The molecule has 0 aromatic heterocycles. The number of nitrogens with one attached hydrogen (secondary N) is 2. The van der Waals surface area contributed by atoms with Gasteiger partial charge in [0.05, 0.1) is 11.5 Å². The van der Waals surface area contributed by atoms with Crippen LogP contribution in [0.1, 0.15) is 49.5 Å². The lowest BCUT2D eigenvalue weighted by molar-refractivity contribution is -0.384. The molecule has 0 saturated heterocycles. The second-order valence-electron chi connectivity index (χ2n) is 7.53. The van der Waals surface area contributed by atoms with E-state index in [0.717, 1.165) is 5.75 Å². The quantitative estimate of drug-likeness (QED) is 0.420. The van der Waals surface area contributed by atoms with Gasteiger partial charge in [-0.2, -0.15) is 0 Å². The van der Waals surface area contributed by atoms with Crippen molar-refractivity contribution in [3.63, 3.8) is 0 Å². The van der Waals surface area contributed by atoms with Gasteiger partial charge < -0.3 is 4.74 Å². The molecule has 0 heterocycles. The highest BCUT2D eigenvalue weighted by atomic mass is 16.6. The van der Waals surface area contributed by atoms with Gasteiger partial charge in [0.25, 0.3) is 11.6 Å². The lowest BCUT2D eigenvalue weighted by Gasteiger charge is -2.19. The van der Waals surface area contributed by atoms with Crippen LogP contribution >= 0.6 is 0 Å². The number of hydrogen-bond donors (Lipinski definition) is 2. The number of nitro benzene ring substituents is 1. The minimum Gasteiger partial charge on any atom is -0.494 e. The van der Waals surface area contributed by atoms with Crippen LogP contribution in [0, 0.1) is 10.1 Å². The van der Waals surface area contributed by atoms with Crippen LogP contribution < -0.4 is 15.6 Å². The summed E-state index contributed by atoms with van der Waals surface area (Å²) in [6.45, 7) is 6.80. The van der Waals surface area contributed by atoms with E-state index in [9.17, 15) is 19.7 Å². The molecule has 0 saturated carbocycles. The lowest BCUT2D eigenvalue weighted by Crippen LogP contribution is -2.41. The van der Waals surface area contributed by atoms with Gasteiger partial charge in [0.1, 0.15) is 5.75 Å². The Labute approximate surface area is 169 Å². The topological polar surface area (TPSA) is 111 Å². The smallest absolute Gasteiger partial charge is 0.269 e. The van der Waals surface area contributed by atoms with Gasteiger partial charge in [0.15, 0.2) is 0 Å². The molecule has 0 aliphatic rings. The SMILES string of the molecule is CC(C)(C)c1ccc(OCCCC(=O)NNC(=O)c2ccc([N+](=O)[O-])cc2)cc1. The molecular weight excluding hydrogens is 374 g/mol. The molecule has 0 atom stereocenters. The van der Waals surface area contributed by atoms with Crippen molar-refractivity contribution >= 4 is 17.5 Å². The van der Waals surface area contributed by atoms with E-state index in [1.165, 1.54) is 29.8 Å². The minimum absolute atomic E-state index is 0.0789. The second-order valence-corrected chi connectivity index (χ2v) is 7.53. The molecular formula is C21H25N3O5. The fraction of sp³-hybridized carbons (Fsp3) is 0.333. The molecule has 0 aliphatic heterocycles. The Bertz CT molecular complexity index is 855. The summed E-state index contributed by atoms with van der Waals surface area (Å²) in [6, 6.07) is 12.9. The summed E-state index contributed by atoms with van der Waals surface area (Å²) in [4.78, 5) is 33.8. The van der Waals surface area contributed by atoms with E-state index >= 15 is 0 Å². The Kier molecular flexibility index (Phi) is 7.30. The average Bonchev–Trinajstić information content (AvgIpc) is 2.69. The first kappa shape index (κ1) is 21.9. The summed E-state index contributed by atoms with van der Waals surface area (Å²) in [7, 11) is 0. The molecule has 0 bridgehead atoms. The normalized spacial score (nSPS) is 10.9. The fourth-order valence-electron chi connectivity index (χ4n) is 2.47. The maximum absolute atomic E-state index is 11.9. The standard InChI is InChI=1S/C21H25N3O5/c1-21(2,3)16-8-12-18(13-9-16)29-14-4-5-19(25)22-23-20(26)15-6-10-17(11-7-15)24(27)28/h6-13H,4-5,14H2,1-3H3,(H,22,25)(H,23,26). The average molecular weight is 399 g/mol. The second kappa shape index (κ2) is 9.68. The van der Waals surface area contributed by atoms with Crippen LogP contribution in [0.5, 0.6) is 5.75 Å². The van der Waals surface area contributed by atoms with Crippen molar-refractivity contribution in [1.82, 2.24) is 10.9 Å². The van der Waals surface area contributed by atoms with E-state index in [0.29, 0.717) is 13.0 Å². The van der Waals surface area contributed by atoms with Crippen LogP contribution in [0.15, 0.2) is 48.5 Å². The number of hydrazine groups is 1. The largest absolute Gasteiger partial charge is 0.494 e. The molecule has 0 fully saturated rings. The first-order valence-electron chi connectivity index (χ1n) is 9.24. The number of ether oxygens (including phenoxy) is 1. The van der Waals surface area contributed by atoms with Gasteiger partial charge >= 0.3 is 0 Å². The molecule has 29 heavy (non-hydrogen) atoms. The zero-order chi connectivity index (χ0) is 21.4. The van der Waals surface area contributed by atoms with Crippen molar-refractivity contribution in [3.05, 3.63) is 69.8 Å². The third kappa shape index (κ3) is 6.91. The van der Waals surface area contributed by atoms with Crippen LogP contribution in [0.4, 0.5) is 5.69 Å². The third-order valence-corrected chi connectivity index (χ3v) is 4.19. The summed E-state index contributed by atoms with van der Waals surface area (Å²) < 4.78 is 5.63. The van der Waals surface area contributed by atoms with Gasteiger partial charge in [-0.1, -0.05) is 32.9 Å². The fourth-order valence-corrected chi connectivity index (χ4v) is 2.47. The number of hydrogen-bond acceptors (Lipinski definition) is 5. The van der Waals surface area contributed by atoms with Crippen LogP contribution in [0.25, 0.3) is 0 Å². The van der Waals surface area contributed by atoms with Crippen LogP contribution in [-0.2, 0) is 10.2 Å². The molecule has 0 spiro atoms. The third-order valence-electron chi connectivity index (χ3n) is 4.19. The monoisotopic (exact) mass is 399 g/mol. The first-order chi connectivity index (χ1) is 13.7. The zero-order valence-electron chi connectivity index (χ0n) is 16.7. The van der Waals surface area contributed by atoms with Crippen molar-refractivity contribution in [2.45, 2.75) is 39.0 Å². The molecule has 2 aromatic carbocycles. The van der Waals surface area contributed by atoms with E-state index < -0.39 is 10.8 Å². The van der Waals surface area contributed by atoms with Crippen LogP contribution in [0.3, 0.4) is 0 Å². The molecule has 2 rings (SSSR count). The predicted octanol–water partition coefficient (Wildman–Crippen LogP) is 3.51. The van der Waals surface area contributed by atoms with Crippen LogP contribution in [0.2, 0.25) is 0 Å². The highest BCUT2D eigenvalue weighted by Gasteiger charge is 2.13. The summed E-state index contributed by atoms with van der Waals surface area (Å²) >= 11 is 0. The highest BCUT2D eigenvalue weighted by molar-refractivity contribution is 5.95. The molecule has 2 N–H and O–H groups in total. The highest BCUT2D eigenvalue weighted by Crippen LogP contribution is 2.24. The van der Waals surface area contributed by atoms with E-state index in [-0.39, 0.29) is 29.0 Å². The Morgan fingerprint density at radius 3 is 2.17 bits per heavy atom. The molecule has 8 nitrogen and oxygen atoms in total. The minimum atomic E-state index is -0.552. The van der Waals surface area contributed by atoms with Crippen LogP contribution in [-0.4, -0.2) is 23.3 Å². The molecule has 0 unspecified atom stereocenters. The number of benzene rings is 2. The van der Waals surface area contributed by atoms with Gasteiger partial charge in [-0.3, -0.25) is 30.6 Å². The molecule has 8 heteroatoms. The summed E-state index contributed by atoms with van der Waals surface area (Å²) in [5, 5.41) is 10.6. The van der Waals surface area contributed by atoms with Crippen molar-refractivity contribution in [2.75, 3.05) is 6.61 Å².